The smallest absolute Gasteiger partial charge is 0.322 e. The van der Waals surface area contributed by atoms with Crippen LogP contribution in [0.25, 0.3) is 0 Å². The molecular weight excluding hydrogens is 487 g/mol. The van der Waals surface area contributed by atoms with E-state index >= 15 is 0 Å². The zero-order valence-electron chi connectivity index (χ0n) is 15.5. The fourth-order valence-electron chi connectivity index (χ4n) is 3.32. The van der Waals surface area contributed by atoms with Gasteiger partial charge in [-0.05, 0) is 48.0 Å². The number of nitrogens with zero attached hydrogens (tertiary/aromatic N) is 2. The van der Waals surface area contributed by atoms with Crippen LogP contribution in [0.5, 0.6) is 0 Å². The summed E-state index contributed by atoms with van der Waals surface area (Å²) in [6.45, 7) is -0.0528. The number of hydrogen-bond acceptors (Lipinski definition) is 8. The summed E-state index contributed by atoms with van der Waals surface area (Å²) >= 11 is 4.25. The highest BCUT2D eigenvalue weighted by Crippen LogP contribution is 2.34. The molecule has 0 unspecified atom stereocenters. The minimum atomic E-state index is -4.52. The van der Waals surface area contributed by atoms with Crippen molar-refractivity contribution in [2.75, 3.05) is 16.8 Å². The van der Waals surface area contributed by atoms with Crippen molar-refractivity contribution in [1.29, 1.82) is 0 Å². The average molecular weight is 507 g/mol. The highest BCUT2D eigenvalue weighted by atomic mass is 79.9. The molecule has 2 atom stereocenters. The van der Waals surface area contributed by atoms with Gasteiger partial charge in [-0.2, -0.15) is 8.42 Å². The Morgan fingerprint density at radius 1 is 1.34 bits per heavy atom. The van der Waals surface area contributed by atoms with Crippen molar-refractivity contribution in [2.45, 2.75) is 42.7 Å². The molecule has 8 nitrogen and oxygen atoms in total. The van der Waals surface area contributed by atoms with Crippen molar-refractivity contribution in [3.8, 4) is 0 Å². The van der Waals surface area contributed by atoms with E-state index in [0.717, 1.165) is 49.2 Å². The number of anilines is 2. The third kappa shape index (κ3) is 4.71. The number of rotatable bonds is 8. The Labute approximate surface area is 180 Å². The summed E-state index contributed by atoms with van der Waals surface area (Å²) in [7, 11) is -2.64. The van der Waals surface area contributed by atoms with Crippen LogP contribution in [-0.4, -0.2) is 39.0 Å². The van der Waals surface area contributed by atoms with E-state index in [4.69, 9.17) is 0 Å². The molecule has 1 heterocycles. The van der Waals surface area contributed by atoms with Crippen molar-refractivity contribution >= 4 is 54.6 Å². The molecule has 0 amide bonds. The van der Waals surface area contributed by atoms with E-state index in [-0.39, 0.29) is 23.7 Å². The lowest BCUT2D eigenvalue weighted by molar-refractivity contribution is -0.128. The number of carbonyl (C=O) groups is 1. The summed E-state index contributed by atoms with van der Waals surface area (Å²) in [4.78, 5) is 18.6. The molecule has 2 aromatic rings. The molecule has 29 heavy (non-hydrogen) atoms. The van der Waals surface area contributed by atoms with Crippen LogP contribution in [0.2, 0.25) is 0 Å². The van der Waals surface area contributed by atoms with Gasteiger partial charge >= 0.3 is 16.5 Å². The van der Waals surface area contributed by atoms with Crippen LogP contribution in [0.15, 0.2) is 33.1 Å². The molecule has 1 aromatic carbocycles. The lowest BCUT2D eigenvalue weighted by Gasteiger charge is -2.33. The van der Waals surface area contributed by atoms with E-state index in [2.05, 4.69) is 36.4 Å². The van der Waals surface area contributed by atoms with Gasteiger partial charge in [0.2, 0.25) is 5.13 Å². The van der Waals surface area contributed by atoms with Crippen molar-refractivity contribution in [3.05, 3.63) is 34.0 Å². The first-order valence-electron chi connectivity index (χ1n) is 8.86. The summed E-state index contributed by atoms with van der Waals surface area (Å²) in [6.07, 6.45) is 5.46. The molecule has 0 aliphatic heterocycles. The number of halogens is 2. The zero-order valence-corrected chi connectivity index (χ0v) is 18.7. The van der Waals surface area contributed by atoms with Crippen molar-refractivity contribution in [1.82, 2.24) is 10.3 Å². The Hall–Kier alpha value is -1.76. The zero-order chi connectivity index (χ0) is 21.0. The molecule has 0 bridgehead atoms. The summed E-state index contributed by atoms with van der Waals surface area (Å²) in [5, 5.41) is 7.95. The molecule has 158 valence electrons. The maximum atomic E-state index is 14.9. The third-order valence-corrected chi connectivity index (χ3v) is 7.79. The molecular formula is C17H20BrFN4O4S2. The number of thiazole rings is 1. The summed E-state index contributed by atoms with van der Waals surface area (Å²) in [5.74, 6) is -0.969. The number of aromatic nitrogens is 1. The molecule has 1 fully saturated rings. The minimum absolute atomic E-state index is 0.0528. The fourth-order valence-corrected chi connectivity index (χ4v) is 6.00. The van der Waals surface area contributed by atoms with Gasteiger partial charge < -0.3 is 15.5 Å². The Kier molecular flexibility index (Phi) is 7.09. The van der Waals surface area contributed by atoms with Crippen molar-refractivity contribution < 1.29 is 22.4 Å². The predicted octanol–water partition coefficient (Wildman–Crippen LogP) is 3.27. The van der Waals surface area contributed by atoms with E-state index in [1.807, 2.05) is 7.05 Å². The van der Waals surface area contributed by atoms with E-state index in [0.29, 0.717) is 14.6 Å². The number of nitrogens with one attached hydrogen (secondary N) is 2. The Bertz CT molecular complexity index is 959. The Morgan fingerprint density at radius 3 is 2.69 bits per heavy atom. The van der Waals surface area contributed by atoms with Gasteiger partial charge in [-0.3, -0.25) is 4.79 Å². The maximum absolute atomic E-state index is 14.9. The number of sulfonamides is 1. The molecule has 2 N–H and O–H groups in total. The van der Waals surface area contributed by atoms with Crippen LogP contribution >= 0.6 is 27.3 Å². The number of carbonyl (C=O) groups excluding carboxylic acids is 1. The third-order valence-electron chi connectivity index (χ3n) is 4.71. The second-order valence-corrected chi connectivity index (χ2v) is 9.89. The quantitative estimate of drug-likeness (QED) is 0.418. The van der Waals surface area contributed by atoms with E-state index in [1.54, 1.807) is 0 Å². The van der Waals surface area contributed by atoms with Gasteiger partial charge in [0.05, 0.1) is 5.69 Å². The molecule has 12 heteroatoms. The van der Waals surface area contributed by atoms with Gasteiger partial charge in [-0.15, -0.1) is 11.3 Å². The lowest BCUT2D eigenvalue weighted by Crippen LogP contribution is -2.44. The Balaban J connectivity index is 1.92. The van der Waals surface area contributed by atoms with Crippen LogP contribution in [0.4, 0.5) is 15.2 Å². The van der Waals surface area contributed by atoms with Crippen LogP contribution in [0, 0.1) is 5.82 Å². The van der Waals surface area contributed by atoms with Gasteiger partial charge in [-0.1, -0.05) is 17.3 Å². The van der Waals surface area contributed by atoms with Crippen LogP contribution in [0.3, 0.4) is 0 Å². The van der Waals surface area contributed by atoms with Gasteiger partial charge in [0.1, 0.15) is 10.7 Å². The normalized spacial score (nSPS) is 19.6. The molecule has 0 saturated heterocycles. The molecule has 0 radical (unpaired) electrons. The number of benzene rings is 1. The highest BCUT2D eigenvalue weighted by molar-refractivity contribution is 9.10. The number of likely N-dealkylation sites (N-methyl/N-ethyl adjacent to an activating group) is 1. The van der Waals surface area contributed by atoms with E-state index in [1.165, 1.54) is 11.6 Å². The SMILES string of the molecule is CN[C@H]1CCCC[C@@H]1Nc1cc(F)c(S(=O)(=O)N(OC=O)c2nccs2)cc1Br. The van der Waals surface area contributed by atoms with E-state index in [9.17, 15) is 17.6 Å². The standard InChI is InChI=1S/C17H20BrFN4O4S2/c1-20-13-4-2-3-5-14(13)22-15-9-12(19)16(8-11(15)18)29(25,26)23(27-10-24)17-21-6-7-28-17/h6-10,13-14,20,22H,2-5H2,1H3/t13-,14-/m0/s1. The summed E-state index contributed by atoms with van der Waals surface area (Å²) in [6, 6.07) is 2.61. The Morgan fingerprint density at radius 2 is 2.07 bits per heavy atom. The first-order chi connectivity index (χ1) is 13.9. The van der Waals surface area contributed by atoms with Crippen molar-refractivity contribution in [2.24, 2.45) is 0 Å². The minimum Gasteiger partial charge on any atom is -0.380 e. The number of hydrogen-bond donors (Lipinski definition) is 2. The molecule has 1 aliphatic carbocycles. The van der Waals surface area contributed by atoms with Crippen LogP contribution in [-0.2, 0) is 19.7 Å². The topological polar surface area (TPSA) is 101 Å². The largest absolute Gasteiger partial charge is 0.380 e. The lowest BCUT2D eigenvalue weighted by atomic mass is 9.90. The fraction of sp³-hybridized carbons (Fsp3) is 0.412. The first-order valence-corrected chi connectivity index (χ1v) is 12.0. The van der Waals surface area contributed by atoms with Gasteiger partial charge in [0.25, 0.3) is 0 Å². The van der Waals surface area contributed by atoms with Gasteiger partial charge in [-0.25, -0.2) is 9.37 Å². The van der Waals surface area contributed by atoms with Gasteiger partial charge in [0, 0.05) is 28.1 Å². The first kappa shape index (κ1) is 21.9. The van der Waals surface area contributed by atoms with Gasteiger partial charge in [0.15, 0.2) is 0 Å². The van der Waals surface area contributed by atoms with Crippen molar-refractivity contribution in [3.63, 3.8) is 0 Å². The second-order valence-electron chi connectivity index (χ2n) is 6.44. The molecule has 0 spiro atoms. The average Bonchev–Trinajstić information content (AvgIpc) is 3.23. The van der Waals surface area contributed by atoms with Crippen LogP contribution < -0.4 is 15.1 Å². The molecule has 1 saturated carbocycles. The summed E-state index contributed by atoms with van der Waals surface area (Å²) < 4.78 is 41.4. The van der Waals surface area contributed by atoms with Crippen LogP contribution in [0.1, 0.15) is 25.7 Å². The molecule has 3 rings (SSSR count). The van der Waals surface area contributed by atoms with E-state index < -0.39 is 20.7 Å². The second kappa shape index (κ2) is 9.37. The summed E-state index contributed by atoms with van der Waals surface area (Å²) in [5.41, 5.74) is 0.450. The molecule has 1 aliphatic rings. The maximum Gasteiger partial charge on any atom is 0.322 e. The molecule has 1 aromatic heterocycles. The monoisotopic (exact) mass is 506 g/mol. The highest BCUT2D eigenvalue weighted by Gasteiger charge is 2.33. The predicted molar refractivity (Wildman–Crippen MR) is 112 cm³/mol.